The third-order valence-corrected chi connectivity index (χ3v) is 3.57. The average Bonchev–Trinajstić information content (AvgIpc) is 2.48. The Kier molecular flexibility index (Phi) is 9.91. The number of rotatable bonds is 9. The van der Waals surface area contributed by atoms with Crippen molar-refractivity contribution in [1.29, 1.82) is 0 Å². The van der Waals surface area contributed by atoms with Crippen LogP contribution in [0.2, 0.25) is 0 Å². The van der Waals surface area contributed by atoms with Crippen LogP contribution < -0.4 is 18.9 Å². The Bertz CT molecular complexity index is 546. The minimum atomic E-state index is -6.83. The van der Waals surface area contributed by atoms with E-state index in [0.717, 1.165) is 0 Å². The summed E-state index contributed by atoms with van der Waals surface area (Å²) in [6.45, 7) is 0. The Labute approximate surface area is 150 Å². The molecule has 6 unspecified atom stereocenters. The zero-order valence-electron chi connectivity index (χ0n) is 12.2. The predicted molar refractivity (Wildman–Crippen MR) is 55.0 cm³/mol. The molecule has 26 heavy (non-hydrogen) atoms. The van der Waals surface area contributed by atoms with Gasteiger partial charge in [-0.3, -0.25) is 0 Å². The van der Waals surface area contributed by atoms with E-state index in [-0.39, 0.29) is 18.9 Å². The Morgan fingerprint density at radius 2 is 1.00 bits per heavy atom. The van der Waals surface area contributed by atoms with E-state index in [0.29, 0.717) is 0 Å². The van der Waals surface area contributed by atoms with E-state index < -0.39 is 64.8 Å². The molecule has 0 fully saturated rings. The van der Waals surface area contributed by atoms with Gasteiger partial charge in [0.05, 0.1) is 0 Å². The van der Waals surface area contributed by atoms with Gasteiger partial charge in [-0.2, -0.15) is 17.6 Å². The fourth-order valence-corrected chi connectivity index (χ4v) is 1.89. The summed E-state index contributed by atoms with van der Waals surface area (Å²) in [6, 6.07) is 0. The van der Waals surface area contributed by atoms with Gasteiger partial charge in [-0.1, -0.05) is 0 Å². The van der Waals surface area contributed by atoms with Crippen LogP contribution >= 0.6 is 0 Å². The van der Waals surface area contributed by atoms with Crippen molar-refractivity contribution in [2.45, 2.75) is 54.6 Å². The van der Waals surface area contributed by atoms with Crippen molar-refractivity contribution in [2.24, 2.45) is 0 Å². The number of alkyl halides is 12. The molecule has 6 atom stereocenters. The van der Waals surface area contributed by atoms with Crippen molar-refractivity contribution < 1.29 is 84.5 Å². The molecule has 0 amide bonds. The smallest absolute Gasteiger partial charge is 0.746 e. The van der Waals surface area contributed by atoms with Gasteiger partial charge in [0.2, 0.25) is 6.17 Å². The van der Waals surface area contributed by atoms with Gasteiger partial charge >= 0.3 is 30.7 Å². The summed E-state index contributed by atoms with van der Waals surface area (Å²) in [6.07, 6.45) is -27.2. The fraction of sp³-hybridized carbons (Fsp3) is 1.00. The van der Waals surface area contributed by atoms with E-state index >= 15 is 0 Å². The average molecular weight is 430 g/mol. The monoisotopic (exact) mass is 430 g/mol. The quantitative estimate of drug-likeness (QED) is 0.296. The van der Waals surface area contributed by atoms with Crippen LogP contribution in [0.1, 0.15) is 0 Å². The van der Waals surface area contributed by atoms with E-state index in [1.165, 1.54) is 0 Å². The largest absolute Gasteiger partial charge is 1.00 e. The topological polar surface area (TPSA) is 57.2 Å². The first-order valence-corrected chi connectivity index (χ1v) is 7.20. The van der Waals surface area contributed by atoms with E-state index in [1.54, 1.807) is 0 Å². The van der Waals surface area contributed by atoms with Gasteiger partial charge in [-0.15, -0.1) is 0 Å². The van der Waals surface area contributed by atoms with Gasteiger partial charge in [0.25, 0.3) is 11.9 Å². The third kappa shape index (κ3) is 5.58. The van der Waals surface area contributed by atoms with Gasteiger partial charge in [-0.05, 0) is 0 Å². The molecule has 3 nitrogen and oxygen atoms in total. The van der Waals surface area contributed by atoms with E-state index in [9.17, 15) is 65.7 Å². The molecule has 0 N–H and O–H groups in total. The summed E-state index contributed by atoms with van der Waals surface area (Å²) in [5.41, 5.74) is -5.31. The standard InChI is InChI=1S/C9H8F12O3S.Li/c10-1(2(11)4(13)6(15)16)3(12)5(14)8(18,19)9(20,21)7(17)25(22,23)24;/h1-7H,(H,22,23,24);/q;+1/p-1. The minimum absolute atomic E-state index is 0. The summed E-state index contributed by atoms with van der Waals surface area (Å²) >= 11 is 0. The third-order valence-electron chi connectivity index (χ3n) is 2.76. The van der Waals surface area contributed by atoms with Gasteiger partial charge in [0.1, 0.15) is 10.1 Å². The van der Waals surface area contributed by atoms with Crippen LogP contribution in [0.4, 0.5) is 52.7 Å². The van der Waals surface area contributed by atoms with Crippen LogP contribution in [0.15, 0.2) is 0 Å². The van der Waals surface area contributed by atoms with Gasteiger partial charge in [0.15, 0.2) is 24.7 Å². The van der Waals surface area contributed by atoms with Crippen molar-refractivity contribution >= 4 is 10.1 Å². The maximum atomic E-state index is 13.1. The Morgan fingerprint density at radius 3 is 1.31 bits per heavy atom. The maximum Gasteiger partial charge on any atom is 1.00 e. The van der Waals surface area contributed by atoms with Crippen LogP contribution in [0.25, 0.3) is 0 Å². The summed E-state index contributed by atoms with van der Waals surface area (Å²) in [5.74, 6) is -13.5. The molecule has 0 heterocycles. The molecule has 0 aromatic carbocycles. The number of hydrogen-bond donors (Lipinski definition) is 0. The molecule has 0 aromatic heterocycles. The van der Waals surface area contributed by atoms with Crippen LogP contribution in [0.5, 0.6) is 0 Å². The first-order chi connectivity index (χ1) is 10.9. The normalized spacial score (nSPS) is 20.7. The first-order valence-electron chi connectivity index (χ1n) is 5.73. The fourth-order valence-electron chi connectivity index (χ4n) is 1.37. The summed E-state index contributed by atoms with van der Waals surface area (Å²) in [5, 5.41) is 0. The molecule has 0 aliphatic rings. The Morgan fingerprint density at radius 1 is 0.654 bits per heavy atom. The molecule has 17 heteroatoms. The van der Waals surface area contributed by atoms with Crippen LogP contribution in [0, 0.1) is 0 Å². The van der Waals surface area contributed by atoms with Crippen molar-refractivity contribution in [3.63, 3.8) is 0 Å². The molecule has 152 valence electrons. The van der Waals surface area contributed by atoms with Crippen molar-refractivity contribution in [3.05, 3.63) is 0 Å². The second-order valence-corrected chi connectivity index (χ2v) is 5.97. The second kappa shape index (κ2) is 9.24. The van der Waals surface area contributed by atoms with Crippen molar-refractivity contribution in [3.8, 4) is 0 Å². The van der Waals surface area contributed by atoms with Crippen molar-refractivity contribution in [1.82, 2.24) is 0 Å². The molecular weight excluding hydrogens is 423 g/mol. The molecule has 0 aromatic rings. The SMILES string of the molecule is O=S(=O)([O-])C(F)C(F)(F)C(F)(F)C(F)C(F)C(F)C(F)C(F)C(F)F.[Li+]. The number of hydrogen-bond acceptors (Lipinski definition) is 3. The second-order valence-electron chi connectivity index (χ2n) is 4.57. The van der Waals surface area contributed by atoms with Crippen LogP contribution in [0.3, 0.4) is 0 Å². The van der Waals surface area contributed by atoms with Gasteiger partial charge in [0, 0.05) is 0 Å². The summed E-state index contributed by atoms with van der Waals surface area (Å²) < 4.78 is 183. The van der Waals surface area contributed by atoms with Crippen LogP contribution in [-0.2, 0) is 10.1 Å². The van der Waals surface area contributed by atoms with E-state index in [4.69, 9.17) is 0 Å². The molecule has 0 saturated heterocycles. The molecule has 0 aliphatic carbocycles. The molecule has 0 saturated carbocycles. The molecule has 0 radical (unpaired) electrons. The first kappa shape index (κ1) is 27.9. The van der Waals surface area contributed by atoms with Crippen LogP contribution in [-0.4, -0.2) is 67.6 Å². The predicted octanol–water partition coefficient (Wildman–Crippen LogP) is 0.0574. The van der Waals surface area contributed by atoms with E-state index in [2.05, 4.69) is 0 Å². The van der Waals surface area contributed by atoms with Gasteiger partial charge < -0.3 is 4.55 Å². The molecule has 0 bridgehead atoms. The molecule has 0 rings (SSSR count). The zero-order chi connectivity index (χ0) is 20.5. The maximum absolute atomic E-state index is 13.1. The van der Waals surface area contributed by atoms with Gasteiger partial charge in [-0.25, -0.2) is 43.5 Å². The Hall–Kier alpha value is -0.333. The summed E-state index contributed by atoms with van der Waals surface area (Å²) in [7, 11) is -6.83. The van der Waals surface area contributed by atoms with Crippen molar-refractivity contribution in [2.75, 3.05) is 0 Å². The molecular formula is C9H7F12LiO3S. The zero-order valence-corrected chi connectivity index (χ0v) is 13.0. The minimum Gasteiger partial charge on any atom is -0.746 e. The summed E-state index contributed by atoms with van der Waals surface area (Å²) in [4.78, 5) is 0. The van der Waals surface area contributed by atoms with E-state index in [1.807, 2.05) is 0 Å². The molecule has 0 spiro atoms. The Balaban J connectivity index is 0. The molecule has 0 aliphatic heterocycles. The number of halogens is 12.